The summed E-state index contributed by atoms with van der Waals surface area (Å²) in [6.07, 6.45) is 1.55. The molecule has 0 unspecified atom stereocenters. The highest BCUT2D eigenvalue weighted by molar-refractivity contribution is 7.89. The standard InChI is InChI=1S/C12H17N3O3S/c13-12(16)9-1-3-11(4-2-9)19(17,18)15-10-5-7-14-8-6-10/h1-4,10,14-15H,5-8H2,(H2,13,16). The highest BCUT2D eigenvalue weighted by Gasteiger charge is 2.21. The minimum Gasteiger partial charge on any atom is -0.366 e. The summed E-state index contributed by atoms with van der Waals surface area (Å²) in [5.41, 5.74) is 5.40. The van der Waals surface area contributed by atoms with E-state index in [2.05, 4.69) is 10.0 Å². The van der Waals surface area contributed by atoms with E-state index in [1.165, 1.54) is 24.3 Å². The Morgan fingerprint density at radius 2 is 1.79 bits per heavy atom. The first-order chi connectivity index (χ1) is 8.99. The van der Waals surface area contributed by atoms with Crippen LogP contribution >= 0.6 is 0 Å². The van der Waals surface area contributed by atoms with Gasteiger partial charge < -0.3 is 11.1 Å². The van der Waals surface area contributed by atoms with E-state index in [0.717, 1.165) is 25.9 Å². The van der Waals surface area contributed by atoms with E-state index >= 15 is 0 Å². The molecule has 1 amide bonds. The molecular weight excluding hydrogens is 266 g/mol. The number of sulfonamides is 1. The van der Waals surface area contributed by atoms with Crippen molar-refractivity contribution in [3.63, 3.8) is 0 Å². The van der Waals surface area contributed by atoms with Gasteiger partial charge in [-0.15, -0.1) is 0 Å². The summed E-state index contributed by atoms with van der Waals surface area (Å²) in [4.78, 5) is 11.1. The van der Waals surface area contributed by atoms with Crippen molar-refractivity contribution < 1.29 is 13.2 Å². The van der Waals surface area contributed by atoms with E-state index in [4.69, 9.17) is 5.73 Å². The number of rotatable bonds is 4. The van der Waals surface area contributed by atoms with E-state index in [-0.39, 0.29) is 10.9 Å². The van der Waals surface area contributed by atoms with Gasteiger partial charge in [0.15, 0.2) is 0 Å². The maximum atomic E-state index is 12.1. The van der Waals surface area contributed by atoms with E-state index in [0.29, 0.717) is 5.56 Å². The molecule has 0 atom stereocenters. The third-order valence-electron chi connectivity index (χ3n) is 3.11. The summed E-state index contributed by atoms with van der Waals surface area (Å²) >= 11 is 0. The highest BCUT2D eigenvalue weighted by atomic mass is 32.2. The van der Waals surface area contributed by atoms with Crippen LogP contribution in [0.25, 0.3) is 0 Å². The van der Waals surface area contributed by atoms with Crippen molar-refractivity contribution >= 4 is 15.9 Å². The van der Waals surface area contributed by atoms with E-state index in [9.17, 15) is 13.2 Å². The Kier molecular flexibility index (Phi) is 4.18. The summed E-state index contributed by atoms with van der Waals surface area (Å²) in [5.74, 6) is -0.574. The van der Waals surface area contributed by atoms with Crippen molar-refractivity contribution in [3.8, 4) is 0 Å². The fraction of sp³-hybridized carbons (Fsp3) is 0.417. The van der Waals surface area contributed by atoms with Gasteiger partial charge in [0.05, 0.1) is 4.90 Å². The lowest BCUT2D eigenvalue weighted by Crippen LogP contribution is -2.42. The van der Waals surface area contributed by atoms with Crippen LogP contribution in [-0.4, -0.2) is 33.5 Å². The lowest BCUT2D eigenvalue weighted by atomic mass is 10.1. The number of carbonyl (C=O) groups excluding carboxylic acids is 1. The first-order valence-corrected chi connectivity index (χ1v) is 7.60. The highest BCUT2D eigenvalue weighted by Crippen LogP contribution is 2.13. The van der Waals surface area contributed by atoms with Gasteiger partial charge in [0.2, 0.25) is 15.9 Å². The van der Waals surface area contributed by atoms with Crippen molar-refractivity contribution in [1.82, 2.24) is 10.0 Å². The molecule has 1 aromatic rings. The molecule has 7 heteroatoms. The van der Waals surface area contributed by atoms with E-state index in [1.54, 1.807) is 0 Å². The molecule has 0 radical (unpaired) electrons. The molecule has 104 valence electrons. The third kappa shape index (κ3) is 3.52. The summed E-state index contributed by atoms with van der Waals surface area (Å²) in [7, 11) is -3.53. The fourth-order valence-electron chi connectivity index (χ4n) is 2.03. The molecule has 0 aromatic heterocycles. The van der Waals surface area contributed by atoms with Crippen molar-refractivity contribution in [2.45, 2.75) is 23.8 Å². The van der Waals surface area contributed by atoms with Crippen LogP contribution in [0.15, 0.2) is 29.2 Å². The van der Waals surface area contributed by atoms with Gasteiger partial charge >= 0.3 is 0 Å². The average molecular weight is 283 g/mol. The van der Waals surface area contributed by atoms with Crippen LogP contribution < -0.4 is 15.8 Å². The molecule has 1 aliphatic heterocycles. The van der Waals surface area contributed by atoms with Crippen LogP contribution in [0, 0.1) is 0 Å². The third-order valence-corrected chi connectivity index (χ3v) is 4.65. The van der Waals surface area contributed by atoms with Gasteiger partial charge in [-0.3, -0.25) is 4.79 Å². The average Bonchev–Trinajstić information content (AvgIpc) is 2.39. The predicted octanol–water partition coefficient (Wildman–Crippen LogP) is -0.184. The first-order valence-electron chi connectivity index (χ1n) is 6.12. The number of benzene rings is 1. The smallest absolute Gasteiger partial charge is 0.248 e. The molecule has 0 spiro atoms. The van der Waals surface area contributed by atoms with Crippen LogP contribution in [-0.2, 0) is 10.0 Å². The molecule has 1 aromatic carbocycles. The lowest BCUT2D eigenvalue weighted by molar-refractivity contribution is 0.1000. The van der Waals surface area contributed by atoms with Gasteiger partial charge in [-0.2, -0.15) is 0 Å². The Hall–Kier alpha value is -1.44. The molecule has 1 saturated heterocycles. The summed E-state index contributed by atoms with van der Waals surface area (Å²) in [6, 6.07) is 5.58. The van der Waals surface area contributed by atoms with Gasteiger partial charge in [-0.05, 0) is 50.2 Å². The van der Waals surface area contributed by atoms with Crippen LogP contribution in [0.2, 0.25) is 0 Å². The Morgan fingerprint density at radius 3 is 2.32 bits per heavy atom. The van der Waals surface area contributed by atoms with Crippen LogP contribution in [0.3, 0.4) is 0 Å². The number of hydrogen-bond acceptors (Lipinski definition) is 4. The molecule has 0 aliphatic carbocycles. The molecule has 1 fully saturated rings. The number of nitrogens with one attached hydrogen (secondary N) is 2. The zero-order valence-electron chi connectivity index (χ0n) is 10.4. The van der Waals surface area contributed by atoms with Crippen molar-refractivity contribution in [1.29, 1.82) is 0 Å². The largest absolute Gasteiger partial charge is 0.366 e. The molecule has 6 nitrogen and oxygen atoms in total. The number of carbonyl (C=O) groups is 1. The van der Waals surface area contributed by atoms with Crippen LogP contribution in [0.1, 0.15) is 23.2 Å². The summed E-state index contributed by atoms with van der Waals surface area (Å²) in [5, 5.41) is 3.17. The molecular formula is C12H17N3O3S. The molecule has 0 saturated carbocycles. The monoisotopic (exact) mass is 283 g/mol. The van der Waals surface area contributed by atoms with Gasteiger partial charge in [0, 0.05) is 11.6 Å². The quantitative estimate of drug-likeness (QED) is 0.713. The second-order valence-electron chi connectivity index (χ2n) is 4.53. The van der Waals surface area contributed by atoms with Crippen molar-refractivity contribution in [3.05, 3.63) is 29.8 Å². The van der Waals surface area contributed by atoms with Gasteiger partial charge in [0.1, 0.15) is 0 Å². The molecule has 2 rings (SSSR count). The van der Waals surface area contributed by atoms with Gasteiger partial charge in [-0.1, -0.05) is 0 Å². The van der Waals surface area contributed by atoms with Crippen LogP contribution in [0.5, 0.6) is 0 Å². The maximum absolute atomic E-state index is 12.1. The minimum absolute atomic E-state index is 0.0398. The van der Waals surface area contributed by atoms with Gasteiger partial charge in [-0.25, -0.2) is 13.1 Å². The number of hydrogen-bond donors (Lipinski definition) is 3. The predicted molar refractivity (Wildman–Crippen MR) is 71.2 cm³/mol. The van der Waals surface area contributed by atoms with Crippen molar-refractivity contribution in [2.75, 3.05) is 13.1 Å². The van der Waals surface area contributed by atoms with Crippen LogP contribution in [0.4, 0.5) is 0 Å². The second-order valence-corrected chi connectivity index (χ2v) is 6.25. The zero-order valence-corrected chi connectivity index (χ0v) is 11.2. The topological polar surface area (TPSA) is 101 Å². The number of primary amides is 1. The van der Waals surface area contributed by atoms with Crippen molar-refractivity contribution in [2.24, 2.45) is 5.73 Å². The Labute approximate surface area is 112 Å². The molecule has 1 aliphatic rings. The Balaban J connectivity index is 2.12. The Morgan fingerprint density at radius 1 is 1.21 bits per heavy atom. The maximum Gasteiger partial charge on any atom is 0.248 e. The molecule has 1 heterocycles. The molecule has 0 bridgehead atoms. The number of amides is 1. The normalized spacial score (nSPS) is 17.3. The summed E-state index contributed by atoms with van der Waals surface area (Å²) in [6.45, 7) is 1.63. The number of nitrogens with two attached hydrogens (primary N) is 1. The lowest BCUT2D eigenvalue weighted by Gasteiger charge is -2.23. The minimum atomic E-state index is -3.53. The molecule has 19 heavy (non-hydrogen) atoms. The van der Waals surface area contributed by atoms with Gasteiger partial charge in [0.25, 0.3) is 0 Å². The Bertz CT molecular complexity index is 548. The fourth-order valence-corrected chi connectivity index (χ4v) is 3.33. The second kappa shape index (κ2) is 5.68. The number of piperidine rings is 1. The first kappa shape index (κ1) is 14.0. The zero-order chi connectivity index (χ0) is 13.9. The summed E-state index contributed by atoms with van der Waals surface area (Å²) < 4.78 is 26.9. The van der Waals surface area contributed by atoms with E-state index in [1.807, 2.05) is 0 Å². The SMILES string of the molecule is NC(=O)c1ccc(S(=O)(=O)NC2CCNCC2)cc1. The van der Waals surface area contributed by atoms with E-state index < -0.39 is 15.9 Å². The molecule has 4 N–H and O–H groups in total.